The van der Waals surface area contributed by atoms with Crippen LogP contribution in [0.2, 0.25) is 0 Å². The minimum absolute atomic E-state index is 0.0656. The Balaban J connectivity index is 1.27. The Bertz CT molecular complexity index is 2840. The number of hydrogen-bond acceptors (Lipinski definition) is 0. The first kappa shape index (κ1) is 31.7. The van der Waals surface area contributed by atoms with Gasteiger partial charge in [0.2, 0.25) is 0 Å². The predicted molar refractivity (Wildman–Crippen MR) is 233 cm³/mol. The van der Waals surface area contributed by atoms with Crippen LogP contribution in [0.4, 0.5) is 0 Å². The van der Waals surface area contributed by atoms with Gasteiger partial charge in [-0.1, -0.05) is 202 Å². The number of hydrogen-bond donors (Lipinski definition) is 0. The fourth-order valence-corrected chi connectivity index (χ4v) is 9.81. The monoisotopic (exact) mass is 698 g/mol. The van der Waals surface area contributed by atoms with Gasteiger partial charge in [-0.25, -0.2) is 0 Å². The van der Waals surface area contributed by atoms with Gasteiger partial charge in [-0.15, -0.1) is 0 Å². The minimum Gasteiger partial charge on any atom is -0.0622 e. The molecule has 0 nitrogen and oxygen atoms in total. The van der Waals surface area contributed by atoms with E-state index in [0.717, 1.165) is 0 Å². The maximum absolute atomic E-state index is 2.47. The summed E-state index contributed by atoms with van der Waals surface area (Å²) in [6.45, 7) is 4.74. The van der Waals surface area contributed by atoms with E-state index >= 15 is 0 Å². The normalized spacial score (nSPS) is 13.1. The van der Waals surface area contributed by atoms with E-state index in [1.54, 1.807) is 0 Å². The molecule has 0 unspecified atom stereocenters. The van der Waals surface area contributed by atoms with Gasteiger partial charge in [-0.2, -0.15) is 0 Å². The van der Waals surface area contributed by atoms with Gasteiger partial charge in [-0.3, -0.25) is 0 Å². The van der Waals surface area contributed by atoms with Gasteiger partial charge in [0.25, 0.3) is 0 Å². The van der Waals surface area contributed by atoms with Crippen molar-refractivity contribution in [1.29, 1.82) is 0 Å². The summed E-state index contributed by atoms with van der Waals surface area (Å²) in [5, 5.41) is 2.62. The van der Waals surface area contributed by atoms with Crippen molar-refractivity contribution in [2.75, 3.05) is 0 Å². The van der Waals surface area contributed by atoms with Gasteiger partial charge >= 0.3 is 0 Å². The zero-order valence-electron chi connectivity index (χ0n) is 31.0. The maximum Gasteiger partial charge on any atom is 0.0159 e. The van der Waals surface area contributed by atoms with Crippen LogP contribution < -0.4 is 0 Å². The average molecular weight is 699 g/mol. The third-order valence-corrected chi connectivity index (χ3v) is 12.2. The fraction of sp³-hybridized carbons (Fsp3) is 0.0545. The molecular formula is C55H38. The molecule has 2 aliphatic carbocycles. The topological polar surface area (TPSA) is 0 Å². The van der Waals surface area contributed by atoms with Crippen LogP contribution in [0.25, 0.3) is 99.8 Å². The molecule has 9 aromatic rings. The molecule has 0 saturated carbocycles. The molecule has 0 atom stereocenters. The maximum atomic E-state index is 2.47. The summed E-state index contributed by atoms with van der Waals surface area (Å²) in [6, 6.07) is 72.1. The number of rotatable bonds is 5. The van der Waals surface area contributed by atoms with E-state index in [0.29, 0.717) is 0 Å². The van der Waals surface area contributed by atoms with Gasteiger partial charge in [0.15, 0.2) is 0 Å². The summed E-state index contributed by atoms with van der Waals surface area (Å²) < 4.78 is 0. The molecule has 0 aliphatic heterocycles. The molecule has 55 heavy (non-hydrogen) atoms. The van der Waals surface area contributed by atoms with Gasteiger partial charge in [-0.05, 0) is 117 Å². The van der Waals surface area contributed by atoms with Crippen LogP contribution in [0.1, 0.15) is 25.0 Å². The predicted octanol–water partition coefficient (Wildman–Crippen LogP) is 15.1. The molecule has 0 radical (unpaired) electrons. The summed E-state index contributed by atoms with van der Waals surface area (Å²) in [4.78, 5) is 0. The van der Waals surface area contributed by atoms with Crippen molar-refractivity contribution in [2.24, 2.45) is 0 Å². The van der Waals surface area contributed by atoms with Crippen LogP contribution in [0.5, 0.6) is 0 Å². The van der Waals surface area contributed by atoms with E-state index in [2.05, 4.69) is 208 Å². The van der Waals surface area contributed by atoms with Gasteiger partial charge in [0.05, 0.1) is 0 Å². The third-order valence-electron chi connectivity index (χ3n) is 12.2. The van der Waals surface area contributed by atoms with E-state index in [-0.39, 0.29) is 5.41 Å². The standard InChI is InChI=1S/C55H38/c1-55(2)46-29-16-15-26-41(46)42-31-30-39(34-47(42)55)40-32-33-45-52-43(40)27-17-28-44(52)53-50(37-22-11-5-12-23-37)48(35-18-7-3-8-19-35)49(36-20-9-4-10-21-36)51(54(45)53)38-24-13-6-14-25-38/h3-34H,1-2H3. The molecule has 0 amide bonds. The molecule has 0 bridgehead atoms. The lowest BCUT2D eigenvalue weighted by molar-refractivity contribution is 0.660. The zero-order chi connectivity index (χ0) is 36.7. The van der Waals surface area contributed by atoms with Crippen LogP contribution in [0.3, 0.4) is 0 Å². The molecular weight excluding hydrogens is 661 g/mol. The molecule has 0 aromatic heterocycles. The van der Waals surface area contributed by atoms with Gasteiger partial charge < -0.3 is 0 Å². The SMILES string of the molecule is CC1(C)c2ccccc2-c2ccc(-c3ccc4c5c(cccc35)-c3c(-c5ccccc5)c(-c5ccccc5)c(-c5ccccc5)c(-c5ccccc5)c3-4)cc21. The van der Waals surface area contributed by atoms with Gasteiger partial charge in [0, 0.05) is 5.41 Å². The van der Waals surface area contributed by atoms with Crippen molar-refractivity contribution in [1.82, 2.24) is 0 Å². The van der Waals surface area contributed by atoms with Crippen LogP contribution in [0.15, 0.2) is 194 Å². The Kier molecular flexibility index (Phi) is 7.00. The Morgan fingerprint density at radius 2 is 0.673 bits per heavy atom. The molecule has 0 heterocycles. The van der Waals surface area contributed by atoms with Crippen molar-refractivity contribution in [3.05, 3.63) is 205 Å². The highest BCUT2D eigenvalue weighted by molar-refractivity contribution is 6.27. The first-order valence-electron chi connectivity index (χ1n) is 19.4. The fourth-order valence-electron chi connectivity index (χ4n) is 9.81. The molecule has 258 valence electrons. The lowest BCUT2D eigenvalue weighted by atomic mass is 9.76. The minimum atomic E-state index is -0.0656. The van der Waals surface area contributed by atoms with Crippen LogP contribution in [0, 0.1) is 0 Å². The van der Waals surface area contributed by atoms with E-state index < -0.39 is 0 Å². The van der Waals surface area contributed by atoms with Crippen molar-refractivity contribution >= 4 is 10.8 Å². The molecule has 0 N–H and O–H groups in total. The quantitative estimate of drug-likeness (QED) is 0.168. The molecule has 9 aromatic carbocycles. The largest absolute Gasteiger partial charge is 0.0622 e. The highest BCUT2D eigenvalue weighted by atomic mass is 14.4. The van der Waals surface area contributed by atoms with Crippen LogP contribution >= 0.6 is 0 Å². The van der Waals surface area contributed by atoms with Crippen molar-refractivity contribution in [3.8, 4) is 89.0 Å². The Morgan fingerprint density at radius 3 is 1.22 bits per heavy atom. The van der Waals surface area contributed by atoms with Crippen LogP contribution in [-0.2, 0) is 5.41 Å². The highest BCUT2D eigenvalue weighted by Gasteiger charge is 2.37. The molecule has 2 aliphatic rings. The lowest BCUT2D eigenvalue weighted by Gasteiger charge is -2.26. The summed E-state index contributed by atoms with van der Waals surface area (Å²) in [6.07, 6.45) is 0. The lowest BCUT2D eigenvalue weighted by Crippen LogP contribution is -2.14. The third kappa shape index (κ3) is 4.65. The molecule has 0 fully saturated rings. The zero-order valence-corrected chi connectivity index (χ0v) is 31.0. The van der Waals surface area contributed by atoms with Gasteiger partial charge in [0.1, 0.15) is 0 Å². The highest BCUT2D eigenvalue weighted by Crippen LogP contribution is 2.61. The second-order valence-corrected chi connectivity index (χ2v) is 15.5. The van der Waals surface area contributed by atoms with Crippen molar-refractivity contribution in [2.45, 2.75) is 19.3 Å². The van der Waals surface area contributed by atoms with E-state index in [9.17, 15) is 0 Å². The summed E-state index contributed by atoms with van der Waals surface area (Å²) in [7, 11) is 0. The first-order valence-corrected chi connectivity index (χ1v) is 19.4. The first-order chi connectivity index (χ1) is 27.1. The second kappa shape index (κ2) is 12.1. The number of fused-ring (bicyclic) bond motifs is 6. The van der Waals surface area contributed by atoms with Crippen molar-refractivity contribution < 1.29 is 0 Å². The van der Waals surface area contributed by atoms with Crippen LogP contribution in [-0.4, -0.2) is 0 Å². The van der Waals surface area contributed by atoms with E-state index in [1.165, 1.54) is 111 Å². The molecule has 0 spiro atoms. The molecule has 0 saturated heterocycles. The Hall–Kier alpha value is -6.76. The Labute approximate surface area is 323 Å². The van der Waals surface area contributed by atoms with E-state index in [4.69, 9.17) is 0 Å². The number of benzene rings is 9. The molecule has 11 rings (SSSR count). The van der Waals surface area contributed by atoms with E-state index in [1.807, 2.05) is 0 Å². The smallest absolute Gasteiger partial charge is 0.0159 e. The Morgan fingerprint density at radius 1 is 0.273 bits per heavy atom. The average Bonchev–Trinajstić information content (AvgIpc) is 3.70. The second-order valence-electron chi connectivity index (χ2n) is 15.5. The summed E-state index contributed by atoms with van der Waals surface area (Å²) in [5.41, 5.74) is 23.2. The molecule has 0 heteroatoms. The van der Waals surface area contributed by atoms with Crippen molar-refractivity contribution in [3.63, 3.8) is 0 Å². The summed E-state index contributed by atoms with van der Waals surface area (Å²) in [5.74, 6) is 0. The summed E-state index contributed by atoms with van der Waals surface area (Å²) >= 11 is 0.